The molecule has 0 aromatic carbocycles. The topological polar surface area (TPSA) is 230 Å². The molecule has 2 aliphatic heterocycles. The average Bonchev–Trinajstić information content (AvgIpc) is 3.27. The lowest BCUT2D eigenvalue weighted by molar-refractivity contribution is -0.288. The van der Waals surface area contributed by atoms with E-state index in [1.54, 1.807) is 0 Å². The van der Waals surface area contributed by atoms with E-state index >= 15 is 0 Å². The molecule has 0 aliphatic carbocycles. The summed E-state index contributed by atoms with van der Waals surface area (Å²) in [5.41, 5.74) is 3.72. The van der Waals surface area contributed by atoms with E-state index in [9.17, 15) is 35.7 Å². The van der Waals surface area contributed by atoms with Crippen molar-refractivity contribution < 1.29 is 45.2 Å². The molecule has 2 aromatic rings. The number of rotatable bonds is 4. The minimum Gasteiger partial charge on any atom is -0.394 e. The molecule has 2 aromatic heterocycles. The number of nitrogens with two attached hydrogens (primary N) is 1. The van der Waals surface area contributed by atoms with Gasteiger partial charge in [0.25, 0.3) is 0 Å². The zero-order valence-electron chi connectivity index (χ0n) is 15.5. The standard InChI is InChI=1S/C16H23N5O9/c17-13-7-14(19-3-18-13)21(4-20-7)15-11(27)16(28,6(2-23)30-15)12-10(26)9(25)8(24)5(1-22)29-12/h3-6,8-12,15,22-28H,1-2H2,(H2,17,18,19)/t5-,6-,8-,9+,10-,11+,12?,15-,16-/m1/s1. The molecule has 14 heteroatoms. The Balaban J connectivity index is 1.73. The fourth-order valence-corrected chi connectivity index (χ4v) is 4.07. The van der Waals surface area contributed by atoms with Crippen LogP contribution in [0.5, 0.6) is 0 Å². The zero-order chi connectivity index (χ0) is 21.8. The molecule has 9 atom stereocenters. The van der Waals surface area contributed by atoms with E-state index < -0.39 is 67.8 Å². The van der Waals surface area contributed by atoms with E-state index in [2.05, 4.69) is 15.0 Å². The van der Waals surface area contributed by atoms with Gasteiger partial charge in [0, 0.05) is 0 Å². The first-order valence-corrected chi connectivity index (χ1v) is 9.15. The molecule has 2 fully saturated rings. The molecule has 1 unspecified atom stereocenters. The number of aliphatic hydroxyl groups is 7. The van der Waals surface area contributed by atoms with Gasteiger partial charge in [-0.1, -0.05) is 0 Å². The highest BCUT2D eigenvalue weighted by atomic mass is 16.6. The van der Waals surface area contributed by atoms with Gasteiger partial charge in [0.1, 0.15) is 54.6 Å². The summed E-state index contributed by atoms with van der Waals surface area (Å²) in [5.74, 6) is 0.0779. The largest absolute Gasteiger partial charge is 0.394 e. The average molecular weight is 429 g/mol. The van der Waals surface area contributed by atoms with E-state index in [4.69, 9.17) is 15.2 Å². The molecule has 9 N–H and O–H groups in total. The van der Waals surface area contributed by atoms with Crippen LogP contribution in [0, 0.1) is 0 Å². The van der Waals surface area contributed by atoms with Gasteiger partial charge >= 0.3 is 0 Å². The van der Waals surface area contributed by atoms with Gasteiger partial charge in [-0.25, -0.2) is 15.0 Å². The van der Waals surface area contributed by atoms with Crippen LogP contribution in [-0.2, 0) is 9.47 Å². The van der Waals surface area contributed by atoms with Crippen LogP contribution < -0.4 is 5.73 Å². The second kappa shape index (κ2) is 7.60. The minimum atomic E-state index is -2.44. The smallest absolute Gasteiger partial charge is 0.167 e. The second-order valence-corrected chi connectivity index (χ2v) is 7.36. The Hall–Kier alpha value is -2.01. The van der Waals surface area contributed by atoms with E-state index in [-0.39, 0.29) is 17.0 Å². The summed E-state index contributed by atoms with van der Waals surface area (Å²) < 4.78 is 12.3. The Morgan fingerprint density at radius 1 is 1.00 bits per heavy atom. The molecular formula is C16H23N5O9. The van der Waals surface area contributed by atoms with Crippen LogP contribution >= 0.6 is 0 Å². The number of hydrogen-bond donors (Lipinski definition) is 8. The maximum Gasteiger partial charge on any atom is 0.167 e. The number of imidazole rings is 1. The molecule has 2 saturated heterocycles. The molecule has 0 saturated carbocycles. The van der Waals surface area contributed by atoms with Crippen LogP contribution in [0.25, 0.3) is 11.2 Å². The van der Waals surface area contributed by atoms with Crippen molar-refractivity contribution in [3.8, 4) is 0 Å². The summed E-state index contributed by atoms with van der Waals surface area (Å²) in [6, 6.07) is 0. The van der Waals surface area contributed by atoms with Crippen molar-refractivity contribution in [1.82, 2.24) is 19.5 Å². The lowest BCUT2D eigenvalue weighted by atomic mass is 9.79. The Labute approximate surface area is 168 Å². The first-order valence-electron chi connectivity index (χ1n) is 9.15. The molecule has 0 spiro atoms. The van der Waals surface area contributed by atoms with E-state index in [1.807, 2.05) is 0 Å². The molecule has 166 valence electrons. The van der Waals surface area contributed by atoms with Gasteiger partial charge in [0.15, 0.2) is 23.3 Å². The molecule has 30 heavy (non-hydrogen) atoms. The second-order valence-electron chi connectivity index (χ2n) is 7.36. The third-order valence-corrected chi connectivity index (χ3v) is 5.74. The Kier molecular flexibility index (Phi) is 5.38. The molecule has 14 nitrogen and oxygen atoms in total. The maximum atomic E-state index is 11.3. The highest BCUT2D eigenvalue weighted by molar-refractivity contribution is 5.81. The van der Waals surface area contributed by atoms with Crippen LogP contribution in [0.15, 0.2) is 12.7 Å². The number of aromatic nitrogens is 4. The molecule has 0 radical (unpaired) electrons. The van der Waals surface area contributed by atoms with Gasteiger partial charge in [-0.05, 0) is 0 Å². The molecule has 4 heterocycles. The van der Waals surface area contributed by atoms with Gasteiger partial charge in [0.2, 0.25) is 0 Å². The van der Waals surface area contributed by atoms with Crippen LogP contribution in [-0.4, -0.2) is 117 Å². The minimum absolute atomic E-state index is 0.0779. The van der Waals surface area contributed by atoms with Crippen LogP contribution in [0.2, 0.25) is 0 Å². The lowest BCUT2D eigenvalue weighted by Gasteiger charge is -2.47. The van der Waals surface area contributed by atoms with Crippen molar-refractivity contribution in [2.75, 3.05) is 18.9 Å². The normalized spacial score (nSPS) is 42.1. The van der Waals surface area contributed by atoms with Crippen molar-refractivity contribution in [1.29, 1.82) is 0 Å². The Bertz CT molecular complexity index is 912. The predicted octanol–water partition coefficient (Wildman–Crippen LogP) is -4.77. The summed E-state index contributed by atoms with van der Waals surface area (Å²) in [7, 11) is 0. The number of fused-ring (bicyclic) bond motifs is 1. The molecule has 0 bridgehead atoms. The summed E-state index contributed by atoms with van der Waals surface area (Å²) in [6.45, 7) is -1.52. The van der Waals surface area contributed by atoms with Crippen molar-refractivity contribution in [2.45, 2.75) is 54.6 Å². The first kappa shape index (κ1) is 21.2. The fraction of sp³-hybridized carbons (Fsp3) is 0.688. The number of anilines is 1. The molecule has 0 amide bonds. The van der Waals surface area contributed by atoms with Crippen molar-refractivity contribution in [3.63, 3.8) is 0 Å². The number of ether oxygens (including phenoxy) is 2. The van der Waals surface area contributed by atoms with Gasteiger partial charge in [-0.3, -0.25) is 4.57 Å². The summed E-state index contributed by atoms with van der Waals surface area (Å²) >= 11 is 0. The van der Waals surface area contributed by atoms with Gasteiger partial charge in [-0.15, -0.1) is 0 Å². The fourth-order valence-electron chi connectivity index (χ4n) is 4.07. The number of hydrogen-bond acceptors (Lipinski definition) is 13. The quantitative estimate of drug-likeness (QED) is 0.228. The van der Waals surface area contributed by atoms with E-state index in [0.717, 1.165) is 0 Å². The van der Waals surface area contributed by atoms with Crippen molar-refractivity contribution in [3.05, 3.63) is 12.7 Å². The molecular weight excluding hydrogens is 406 g/mol. The highest BCUT2D eigenvalue weighted by Crippen LogP contribution is 2.44. The number of nitrogen functional groups attached to an aromatic ring is 1. The monoisotopic (exact) mass is 429 g/mol. The van der Waals surface area contributed by atoms with Gasteiger partial charge < -0.3 is 51.0 Å². The summed E-state index contributed by atoms with van der Waals surface area (Å²) in [4.78, 5) is 11.9. The number of aliphatic hydroxyl groups excluding tert-OH is 6. The van der Waals surface area contributed by atoms with Crippen LogP contribution in [0.3, 0.4) is 0 Å². The van der Waals surface area contributed by atoms with E-state index in [1.165, 1.54) is 17.2 Å². The van der Waals surface area contributed by atoms with Crippen LogP contribution in [0.1, 0.15) is 6.23 Å². The Morgan fingerprint density at radius 3 is 2.40 bits per heavy atom. The third-order valence-electron chi connectivity index (χ3n) is 5.74. The highest BCUT2D eigenvalue weighted by Gasteiger charge is 2.65. The van der Waals surface area contributed by atoms with E-state index in [0.29, 0.717) is 0 Å². The van der Waals surface area contributed by atoms with Gasteiger partial charge in [0.05, 0.1) is 19.5 Å². The summed E-state index contributed by atoms with van der Waals surface area (Å²) in [5, 5.41) is 72.0. The summed E-state index contributed by atoms with van der Waals surface area (Å²) in [6.07, 6.45) is -10.6. The predicted molar refractivity (Wildman–Crippen MR) is 95.5 cm³/mol. The van der Waals surface area contributed by atoms with Crippen molar-refractivity contribution >= 4 is 17.0 Å². The van der Waals surface area contributed by atoms with Crippen molar-refractivity contribution in [2.24, 2.45) is 0 Å². The molecule has 2 aliphatic rings. The Morgan fingerprint density at radius 2 is 1.73 bits per heavy atom. The van der Waals surface area contributed by atoms with Gasteiger partial charge in [-0.2, -0.15) is 0 Å². The third kappa shape index (κ3) is 2.89. The maximum absolute atomic E-state index is 11.3. The molecule has 4 rings (SSSR count). The zero-order valence-corrected chi connectivity index (χ0v) is 15.5. The SMILES string of the molecule is Nc1ncnc2c1ncn2[C@@H]1O[C@H](CO)[C@](O)(C2O[C@H](CO)[C@@H](O)[C@H](O)[C@H]2O)[C@H]1O. The number of nitrogens with zero attached hydrogens (tertiary/aromatic N) is 4. The first-order chi connectivity index (χ1) is 14.2. The lowest BCUT2D eigenvalue weighted by Crippen LogP contribution is -2.70. The van der Waals surface area contributed by atoms with Crippen LogP contribution in [0.4, 0.5) is 5.82 Å².